The number of carbonyl (C=O) groups is 1. The van der Waals surface area contributed by atoms with Gasteiger partial charge in [0, 0.05) is 25.1 Å². The van der Waals surface area contributed by atoms with Crippen LogP contribution in [-0.4, -0.2) is 37.1 Å². The van der Waals surface area contributed by atoms with Crippen LogP contribution in [0.3, 0.4) is 0 Å². The lowest BCUT2D eigenvalue weighted by molar-refractivity contribution is -0.139. The van der Waals surface area contributed by atoms with Crippen LogP contribution in [0.25, 0.3) is 0 Å². The van der Waals surface area contributed by atoms with Crippen molar-refractivity contribution in [3.05, 3.63) is 23.8 Å². The highest BCUT2D eigenvalue weighted by molar-refractivity contribution is 5.76. The predicted molar refractivity (Wildman–Crippen MR) is 104 cm³/mol. The second-order valence-corrected chi connectivity index (χ2v) is 7.80. The van der Waals surface area contributed by atoms with E-state index in [4.69, 9.17) is 14.7 Å². The van der Waals surface area contributed by atoms with Crippen molar-refractivity contribution >= 4 is 5.91 Å². The Morgan fingerprint density at radius 2 is 2.07 bits per heavy atom. The van der Waals surface area contributed by atoms with E-state index in [0.717, 1.165) is 18.9 Å². The molecule has 1 saturated heterocycles. The first-order chi connectivity index (χ1) is 13.1. The molecule has 2 aliphatic rings. The van der Waals surface area contributed by atoms with E-state index in [1.165, 1.54) is 25.7 Å². The zero-order valence-corrected chi connectivity index (χ0v) is 16.4. The fourth-order valence-electron chi connectivity index (χ4n) is 4.63. The molecule has 0 aromatic heterocycles. The van der Waals surface area contributed by atoms with Gasteiger partial charge in [-0.25, -0.2) is 0 Å². The Balaban J connectivity index is 1.49. The topological polar surface area (TPSA) is 62.6 Å². The maximum atomic E-state index is 12.8. The molecular weight excluding hydrogens is 340 g/mol. The Kier molecular flexibility index (Phi) is 6.60. The van der Waals surface area contributed by atoms with Crippen molar-refractivity contribution in [1.82, 2.24) is 4.90 Å². The van der Waals surface area contributed by atoms with E-state index in [9.17, 15) is 4.79 Å². The third kappa shape index (κ3) is 4.55. The Labute approximate surface area is 162 Å². The SMILES string of the molecule is COc1cc(C#N)ccc1OCCCC(=O)N1CC[C@H](C)[C@H]2CCCC[C@H]21. The number of amides is 1. The summed E-state index contributed by atoms with van der Waals surface area (Å²) in [5, 5.41) is 8.96. The van der Waals surface area contributed by atoms with Gasteiger partial charge in [-0.3, -0.25) is 4.79 Å². The van der Waals surface area contributed by atoms with Crippen molar-refractivity contribution < 1.29 is 14.3 Å². The zero-order valence-electron chi connectivity index (χ0n) is 16.4. The summed E-state index contributed by atoms with van der Waals surface area (Å²) in [5.74, 6) is 2.87. The van der Waals surface area contributed by atoms with Gasteiger partial charge in [-0.05, 0) is 49.7 Å². The molecule has 5 heteroatoms. The molecular formula is C22H30N2O3. The number of hydrogen-bond donors (Lipinski definition) is 0. The molecule has 1 saturated carbocycles. The quantitative estimate of drug-likeness (QED) is 0.706. The summed E-state index contributed by atoms with van der Waals surface area (Å²) >= 11 is 0. The number of rotatable bonds is 6. The molecule has 27 heavy (non-hydrogen) atoms. The standard InChI is InChI=1S/C22H30N2O3/c1-16-11-12-24(19-7-4-3-6-18(16)19)22(25)8-5-13-27-20-10-9-17(15-23)14-21(20)26-2/h9-10,14,16,18-19H,3-8,11-13H2,1-2H3/t16-,18+,19+/m0/s1. The van der Waals surface area contributed by atoms with Gasteiger partial charge in [0.25, 0.3) is 0 Å². The molecule has 1 aliphatic heterocycles. The van der Waals surface area contributed by atoms with Gasteiger partial charge in [0.2, 0.25) is 5.91 Å². The second kappa shape index (κ2) is 9.12. The summed E-state index contributed by atoms with van der Waals surface area (Å²) in [6, 6.07) is 7.66. The molecule has 1 heterocycles. The number of nitrogens with zero attached hydrogens (tertiary/aromatic N) is 2. The lowest BCUT2D eigenvalue weighted by Crippen LogP contribution is -2.52. The van der Waals surface area contributed by atoms with Gasteiger partial charge in [0.05, 0.1) is 25.3 Å². The number of carbonyl (C=O) groups excluding carboxylic acids is 1. The second-order valence-electron chi connectivity index (χ2n) is 7.80. The predicted octanol–water partition coefficient (Wildman–Crippen LogP) is 4.15. The Morgan fingerprint density at radius 1 is 1.26 bits per heavy atom. The van der Waals surface area contributed by atoms with Gasteiger partial charge in [0.1, 0.15) is 0 Å². The molecule has 146 valence electrons. The van der Waals surface area contributed by atoms with Crippen molar-refractivity contribution in [3.8, 4) is 17.6 Å². The lowest BCUT2D eigenvalue weighted by atomic mass is 9.72. The number of likely N-dealkylation sites (tertiary alicyclic amines) is 1. The molecule has 3 atom stereocenters. The van der Waals surface area contributed by atoms with Crippen LogP contribution in [0.2, 0.25) is 0 Å². The molecule has 1 aromatic rings. The average Bonchev–Trinajstić information content (AvgIpc) is 2.71. The summed E-state index contributed by atoms with van der Waals surface area (Å²) < 4.78 is 11.1. The van der Waals surface area contributed by atoms with Crippen LogP contribution < -0.4 is 9.47 Å². The van der Waals surface area contributed by atoms with Gasteiger partial charge in [0.15, 0.2) is 11.5 Å². The molecule has 1 aromatic carbocycles. The minimum absolute atomic E-state index is 0.272. The van der Waals surface area contributed by atoms with E-state index in [1.807, 2.05) is 0 Å². The van der Waals surface area contributed by atoms with E-state index < -0.39 is 0 Å². The Bertz CT molecular complexity index is 697. The maximum absolute atomic E-state index is 12.8. The number of piperidine rings is 1. The molecule has 3 rings (SSSR count). The summed E-state index contributed by atoms with van der Waals surface area (Å²) in [4.78, 5) is 14.9. The van der Waals surface area contributed by atoms with Crippen LogP contribution >= 0.6 is 0 Å². The molecule has 5 nitrogen and oxygen atoms in total. The summed E-state index contributed by atoms with van der Waals surface area (Å²) in [6.45, 7) is 3.72. The molecule has 0 radical (unpaired) electrons. The normalized spacial score (nSPS) is 24.6. The minimum atomic E-state index is 0.272. The minimum Gasteiger partial charge on any atom is -0.493 e. The van der Waals surface area contributed by atoms with Gasteiger partial charge in [-0.1, -0.05) is 19.8 Å². The molecule has 0 unspecified atom stereocenters. The smallest absolute Gasteiger partial charge is 0.222 e. The van der Waals surface area contributed by atoms with E-state index in [2.05, 4.69) is 17.9 Å². The molecule has 1 aliphatic carbocycles. The van der Waals surface area contributed by atoms with Crippen LogP contribution in [0.4, 0.5) is 0 Å². The van der Waals surface area contributed by atoms with Crippen LogP contribution in [0.15, 0.2) is 18.2 Å². The summed E-state index contributed by atoms with van der Waals surface area (Å²) in [5.41, 5.74) is 0.538. The fraction of sp³-hybridized carbons (Fsp3) is 0.636. The van der Waals surface area contributed by atoms with Gasteiger partial charge in [-0.15, -0.1) is 0 Å². The number of hydrogen-bond acceptors (Lipinski definition) is 4. The number of nitriles is 1. The fourth-order valence-corrected chi connectivity index (χ4v) is 4.63. The van der Waals surface area contributed by atoms with Crippen LogP contribution in [0.5, 0.6) is 11.5 Å². The summed E-state index contributed by atoms with van der Waals surface area (Å²) in [7, 11) is 1.56. The highest BCUT2D eigenvalue weighted by atomic mass is 16.5. The van der Waals surface area contributed by atoms with Crippen molar-refractivity contribution in [1.29, 1.82) is 5.26 Å². The molecule has 2 fully saturated rings. The third-order valence-electron chi connectivity index (χ3n) is 6.14. The van der Waals surface area contributed by atoms with Crippen LogP contribution in [-0.2, 0) is 4.79 Å². The van der Waals surface area contributed by atoms with Gasteiger partial charge < -0.3 is 14.4 Å². The number of benzene rings is 1. The van der Waals surface area contributed by atoms with E-state index in [0.29, 0.717) is 48.5 Å². The van der Waals surface area contributed by atoms with E-state index in [-0.39, 0.29) is 5.91 Å². The van der Waals surface area contributed by atoms with Crippen molar-refractivity contribution in [2.45, 2.75) is 57.9 Å². The highest BCUT2D eigenvalue weighted by Gasteiger charge is 2.38. The van der Waals surface area contributed by atoms with Crippen molar-refractivity contribution in [2.75, 3.05) is 20.3 Å². The van der Waals surface area contributed by atoms with Gasteiger partial charge >= 0.3 is 0 Å². The molecule has 0 spiro atoms. The largest absolute Gasteiger partial charge is 0.493 e. The first kappa shape index (κ1) is 19.5. The van der Waals surface area contributed by atoms with E-state index in [1.54, 1.807) is 25.3 Å². The Morgan fingerprint density at radius 3 is 2.85 bits per heavy atom. The first-order valence-corrected chi connectivity index (χ1v) is 10.1. The third-order valence-corrected chi connectivity index (χ3v) is 6.14. The monoisotopic (exact) mass is 370 g/mol. The highest BCUT2D eigenvalue weighted by Crippen LogP contribution is 2.39. The maximum Gasteiger partial charge on any atom is 0.222 e. The van der Waals surface area contributed by atoms with Crippen molar-refractivity contribution in [3.63, 3.8) is 0 Å². The summed E-state index contributed by atoms with van der Waals surface area (Å²) in [6.07, 6.45) is 7.34. The number of ether oxygens (including phenoxy) is 2. The Hall–Kier alpha value is -2.22. The zero-order chi connectivity index (χ0) is 19.2. The van der Waals surface area contributed by atoms with Gasteiger partial charge in [-0.2, -0.15) is 5.26 Å². The molecule has 1 amide bonds. The first-order valence-electron chi connectivity index (χ1n) is 10.1. The van der Waals surface area contributed by atoms with Crippen LogP contribution in [0.1, 0.15) is 57.4 Å². The average molecular weight is 370 g/mol. The van der Waals surface area contributed by atoms with Crippen LogP contribution in [0, 0.1) is 23.2 Å². The lowest BCUT2D eigenvalue weighted by Gasteiger charge is -2.47. The van der Waals surface area contributed by atoms with E-state index >= 15 is 0 Å². The molecule has 0 N–H and O–H groups in total. The number of methoxy groups -OCH3 is 1. The number of fused-ring (bicyclic) bond motifs is 1. The molecule has 0 bridgehead atoms. The van der Waals surface area contributed by atoms with Crippen molar-refractivity contribution in [2.24, 2.45) is 11.8 Å².